The maximum atomic E-state index is 12.5. The van der Waals surface area contributed by atoms with E-state index in [0.29, 0.717) is 23.4 Å². The average Bonchev–Trinajstić information content (AvgIpc) is 2.85. The number of ether oxygens (including phenoxy) is 1. The Balaban J connectivity index is 1.26. The lowest BCUT2D eigenvalue weighted by Crippen LogP contribution is -2.35. The molecule has 1 aliphatic rings. The third-order valence-corrected chi connectivity index (χ3v) is 5.43. The summed E-state index contributed by atoms with van der Waals surface area (Å²) in [6.07, 6.45) is 0. The van der Waals surface area contributed by atoms with Crippen molar-refractivity contribution in [2.75, 3.05) is 31.6 Å². The van der Waals surface area contributed by atoms with Crippen LogP contribution in [-0.4, -0.2) is 43.0 Å². The maximum Gasteiger partial charge on any atom is 0.255 e. The van der Waals surface area contributed by atoms with E-state index in [2.05, 4.69) is 39.8 Å². The molecular weight excluding hydrogens is 402 g/mol. The molecule has 6 heteroatoms. The van der Waals surface area contributed by atoms with Crippen LogP contribution in [0.15, 0.2) is 78.9 Å². The maximum absolute atomic E-state index is 12.5. The minimum Gasteiger partial charge on any atom is -0.379 e. The van der Waals surface area contributed by atoms with Gasteiger partial charge < -0.3 is 15.4 Å². The van der Waals surface area contributed by atoms with Gasteiger partial charge in [-0.25, -0.2) is 0 Å². The van der Waals surface area contributed by atoms with Crippen LogP contribution >= 0.6 is 0 Å². The molecule has 1 heterocycles. The van der Waals surface area contributed by atoms with Gasteiger partial charge in [-0.3, -0.25) is 14.5 Å². The van der Waals surface area contributed by atoms with Crippen LogP contribution < -0.4 is 10.6 Å². The van der Waals surface area contributed by atoms with Crippen LogP contribution in [0, 0.1) is 0 Å². The number of rotatable bonds is 7. The van der Waals surface area contributed by atoms with E-state index in [1.807, 2.05) is 18.2 Å². The summed E-state index contributed by atoms with van der Waals surface area (Å²) in [5.74, 6) is -0.330. The molecule has 2 amide bonds. The lowest BCUT2D eigenvalue weighted by molar-refractivity contribution is 0.0342. The first-order valence-corrected chi connectivity index (χ1v) is 10.8. The molecule has 0 atom stereocenters. The summed E-state index contributed by atoms with van der Waals surface area (Å²) < 4.78 is 5.39. The molecule has 32 heavy (non-hydrogen) atoms. The second-order valence-corrected chi connectivity index (χ2v) is 7.79. The van der Waals surface area contributed by atoms with E-state index in [1.165, 1.54) is 5.56 Å². The molecule has 164 valence electrons. The van der Waals surface area contributed by atoms with Gasteiger partial charge in [0.2, 0.25) is 0 Å². The van der Waals surface area contributed by atoms with Gasteiger partial charge in [-0.1, -0.05) is 42.5 Å². The Hall–Kier alpha value is -3.48. The molecule has 0 aliphatic carbocycles. The van der Waals surface area contributed by atoms with Gasteiger partial charge in [-0.05, 0) is 47.5 Å². The van der Waals surface area contributed by atoms with Crippen molar-refractivity contribution in [3.05, 3.63) is 101 Å². The number of hydrogen-bond acceptors (Lipinski definition) is 4. The number of morpholine rings is 1. The molecule has 3 aromatic rings. The highest BCUT2D eigenvalue weighted by atomic mass is 16.5. The number of amides is 2. The van der Waals surface area contributed by atoms with Crippen molar-refractivity contribution in [1.29, 1.82) is 0 Å². The summed E-state index contributed by atoms with van der Waals surface area (Å²) in [7, 11) is 0. The van der Waals surface area contributed by atoms with Crippen molar-refractivity contribution in [2.24, 2.45) is 0 Å². The summed E-state index contributed by atoms with van der Waals surface area (Å²) in [5, 5.41) is 5.78. The van der Waals surface area contributed by atoms with Crippen LogP contribution in [0.3, 0.4) is 0 Å². The number of anilines is 1. The van der Waals surface area contributed by atoms with Crippen molar-refractivity contribution in [3.63, 3.8) is 0 Å². The average molecular weight is 430 g/mol. The normalized spacial score (nSPS) is 14.0. The van der Waals surface area contributed by atoms with Crippen LogP contribution in [0.25, 0.3) is 0 Å². The van der Waals surface area contributed by atoms with Crippen LogP contribution in [-0.2, 0) is 17.8 Å². The van der Waals surface area contributed by atoms with E-state index in [-0.39, 0.29) is 11.8 Å². The topological polar surface area (TPSA) is 70.7 Å². The zero-order valence-electron chi connectivity index (χ0n) is 17.9. The Labute approximate surface area is 188 Å². The van der Waals surface area contributed by atoms with Gasteiger partial charge in [-0.15, -0.1) is 0 Å². The van der Waals surface area contributed by atoms with Crippen LogP contribution in [0.2, 0.25) is 0 Å². The number of nitrogens with one attached hydrogen (secondary N) is 2. The number of carbonyl (C=O) groups excluding carboxylic acids is 2. The largest absolute Gasteiger partial charge is 0.379 e. The van der Waals surface area contributed by atoms with Gasteiger partial charge in [0.05, 0.1) is 13.2 Å². The standard InChI is InChI=1S/C26H27N3O3/c30-25(23-10-12-24(13-11-23)28-26(31)22-4-2-1-3-5-22)27-18-20-6-8-21(9-7-20)19-29-14-16-32-17-15-29/h1-13H,14-19H2,(H,27,30)(H,28,31). The quantitative estimate of drug-likeness (QED) is 0.601. The Morgan fingerprint density at radius 3 is 2.06 bits per heavy atom. The number of hydrogen-bond donors (Lipinski definition) is 2. The monoisotopic (exact) mass is 429 g/mol. The van der Waals surface area contributed by atoms with Crippen molar-refractivity contribution in [2.45, 2.75) is 13.1 Å². The van der Waals surface area contributed by atoms with E-state index >= 15 is 0 Å². The molecule has 4 rings (SSSR count). The van der Waals surface area contributed by atoms with E-state index in [9.17, 15) is 9.59 Å². The van der Waals surface area contributed by atoms with Crippen LogP contribution in [0.5, 0.6) is 0 Å². The molecule has 6 nitrogen and oxygen atoms in total. The zero-order valence-corrected chi connectivity index (χ0v) is 17.9. The van der Waals surface area contributed by atoms with Gasteiger partial charge in [0.1, 0.15) is 0 Å². The molecule has 0 radical (unpaired) electrons. The van der Waals surface area contributed by atoms with E-state index in [4.69, 9.17) is 4.74 Å². The fraction of sp³-hybridized carbons (Fsp3) is 0.231. The molecular formula is C26H27N3O3. The minimum atomic E-state index is -0.181. The van der Waals surface area contributed by atoms with Crippen LogP contribution in [0.4, 0.5) is 5.69 Å². The Kier molecular flexibility index (Phi) is 7.27. The predicted octanol–water partition coefficient (Wildman–Crippen LogP) is 3.70. The summed E-state index contributed by atoms with van der Waals surface area (Å²) >= 11 is 0. The van der Waals surface area contributed by atoms with Crippen LogP contribution in [0.1, 0.15) is 31.8 Å². The number of carbonyl (C=O) groups is 2. The molecule has 0 saturated carbocycles. The highest BCUT2D eigenvalue weighted by Crippen LogP contribution is 2.13. The lowest BCUT2D eigenvalue weighted by Gasteiger charge is -2.26. The summed E-state index contributed by atoms with van der Waals surface area (Å²) in [4.78, 5) is 27.1. The molecule has 2 N–H and O–H groups in total. The first kappa shape index (κ1) is 21.7. The first-order valence-electron chi connectivity index (χ1n) is 10.8. The van der Waals surface area contributed by atoms with Crippen molar-refractivity contribution in [3.8, 4) is 0 Å². The molecule has 1 fully saturated rings. The Morgan fingerprint density at radius 1 is 0.750 bits per heavy atom. The number of benzene rings is 3. The van der Waals surface area contributed by atoms with Gasteiger partial charge >= 0.3 is 0 Å². The fourth-order valence-corrected chi connectivity index (χ4v) is 3.56. The molecule has 3 aromatic carbocycles. The Bertz CT molecular complexity index is 1030. The summed E-state index contributed by atoms with van der Waals surface area (Å²) in [5.41, 5.74) is 4.09. The highest BCUT2D eigenvalue weighted by Gasteiger charge is 2.11. The second kappa shape index (κ2) is 10.7. The predicted molar refractivity (Wildman–Crippen MR) is 125 cm³/mol. The molecule has 0 aromatic heterocycles. The van der Waals surface area contributed by atoms with Crippen molar-refractivity contribution < 1.29 is 14.3 Å². The lowest BCUT2D eigenvalue weighted by atomic mass is 10.1. The molecule has 0 bridgehead atoms. The smallest absolute Gasteiger partial charge is 0.255 e. The van der Waals surface area contributed by atoms with Crippen molar-refractivity contribution in [1.82, 2.24) is 10.2 Å². The molecule has 0 spiro atoms. The van der Waals surface area contributed by atoms with E-state index in [1.54, 1.807) is 36.4 Å². The first-order chi connectivity index (χ1) is 15.7. The van der Waals surface area contributed by atoms with Gasteiger partial charge in [0, 0.05) is 43.0 Å². The molecule has 1 saturated heterocycles. The van der Waals surface area contributed by atoms with Gasteiger partial charge in [0.15, 0.2) is 0 Å². The van der Waals surface area contributed by atoms with E-state index < -0.39 is 0 Å². The second-order valence-electron chi connectivity index (χ2n) is 7.79. The fourth-order valence-electron chi connectivity index (χ4n) is 3.56. The Morgan fingerprint density at radius 2 is 1.38 bits per heavy atom. The minimum absolute atomic E-state index is 0.150. The zero-order chi connectivity index (χ0) is 22.2. The molecule has 1 aliphatic heterocycles. The SMILES string of the molecule is O=C(NCc1ccc(CN2CCOCC2)cc1)c1ccc(NC(=O)c2ccccc2)cc1. The summed E-state index contributed by atoms with van der Waals surface area (Å²) in [6, 6.07) is 24.2. The van der Waals surface area contributed by atoms with Gasteiger partial charge in [0.25, 0.3) is 11.8 Å². The summed E-state index contributed by atoms with van der Waals surface area (Å²) in [6.45, 7) is 4.90. The highest BCUT2D eigenvalue weighted by molar-refractivity contribution is 6.04. The molecule has 0 unspecified atom stereocenters. The van der Waals surface area contributed by atoms with Gasteiger partial charge in [-0.2, -0.15) is 0 Å². The van der Waals surface area contributed by atoms with Crippen molar-refractivity contribution >= 4 is 17.5 Å². The third-order valence-electron chi connectivity index (χ3n) is 5.43. The third kappa shape index (κ3) is 6.03. The number of nitrogens with zero attached hydrogens (tertiary/aromatic N) is 1. The van der Waals surface area contributed by atoms with E-state index in [0.717, 1.165) is 38.4 Å².